The molecule has 13 nitrogen and oxygen atoms in total. The molecule has 0 heterocycles. The molecule has 0 saturated carbocycles. The molecule has 0 bridgehead atoms. The fourth-order valence-electron chi connectivity index (χ4n) is 5.48. The lowest BCUT2D eigenvalue weighted by atomic mass is 10.0. The van der Waals surface area contributed by atoms with Gasteiger partial charge in [-0.3, -0.25) is 18.6 Å². The summed E-state index contributed by atoms with van der Waals surface area (Å²) in [6.07, 6.45) is 24.8. The molecule has 56 heavy (non-hydrogen) atoms. The number of hydrogen-bond acceptors (Lipinski definition) is 11. The molecule has 326 valence electrons. The highest BCUT2D eigenvalue weighted by Crippen LogP contribution is 2.43. The van der Waals surface area contributed by atoms with Gasteiger partial charge in [-0.1, -0.05) is 110 Å². The van der Waals surface area contributed by atoms with Gasteiger partial charge in [0.2, 0.25) is 0 Å². The van der Waals surface area contributed by atoms with Gasteiger partial charge in [0, 0.05) is 19.3 Å². The maximum Gasteiger partial charge on any atom is 0.472 e. The van der Waals surface area contributed by atoms with E-state index in [4.69, 9.17) is 34.4 Å². The number of esters is 3. The minimum Gasteiger partial charge on any atom is -0.462 e. The first kappa shape index (κ1) is 53.4. The van der Waals surface area contributed by atoms with Crippen LogP contribution < -0.4 is 5.32 Å². The number of nitrogens with one attached hydrogen (secondary N) is 1. The number of unbranched alkanes of at least 4 members (excludes halogenated alkanes) is 18. The molecule has 0 aromatic carbocycles. The fourth-order valence-corrected chi connectivity index (χ4v) is 6.25. The Morgan fingerprint density at radius 2 is 1.09 bits per heavy atom. The molecule has 0 radical (unpaired) electrons. The highest BCUT2D eigenvalue weighted by Gasteiger charge is 2.33. The minimum absolute atomic E-state index is 0.106. The third-order valence-electron chi connectivity index (χ3n) is 8.37. The summed E-state index contributed by atoms with van der Waals surface area (Å²) >= 11 is 0. The maximum absolute atomic E-state index is 12.9. The first-order valence-electron chi connectivity index (χ1n) is 21.0. The number of phosphoric ester groups is 1. The van der Waals surface area contributed by atoms with Crippen molar-refractivity contribution in [3.8, 4) is 12.3 Å². The zero-order valence-electron chi connectivity index (χ0n) is 35.8. The van der Waals surface area contributed by atoms with E-state index in [1.165, 1.54) is 57.8 Å². The standard InChI is InChI=1S/C42H76NO12P/c1-9-11-13-15-17-19-20-21-22-23-25-26-28-30-37(44)50-32-35(53-38(45)31-29-27-24-18-16-14-12-10-2)33-51-56(48,49)52-34-36(39(46)54-41(3,4)5)43-40(47)55-42(6,7)8/h2,35-36H,9,11-34H2,1,3-8H3,(H,43,47)(H,48,49)/t35-,36+/m1/s1. The molecule has 14 heteroatoms. The minimum atomic E-state index is -4.90. The Hall–Kier alpha value is -2.65. The Labute approximate surface area is 338 Å². The molecule has 0 aliphatic carbocycles. The van der Waals surface area contributed by atoms with Gasteiger partial charge in [0.05, 0.1) is 13.2 Å². The third kappa shape index (κ3) is 34.6. The van der Waals surface area contributed by atoms with E-state index in [0.29, 0.717) is 12.8 Å². The highest BCUT2D eigenvalue weighted by molar-refractivity contribution is 7.47. The molecular weight excluding hydrogens is 741 g/mol. The van der Waals surface area contributed by atoms with Crippen LogP contribution in [0.5, 0.6) is 0 Å². The quantitative estimate of drug-likeness (QED) is 0.0211. The molecular formula is C42H76NO12P. The van der Waals surface area contributed by atoms with E-state index in [0.717, 1.165) is 57.8 Å². The number of ether oxygens (including phenoxy) is 4. The second-order valence-electron chi connectivity index (χ2n) is 16.4. The van der Waals surface area contributed by atoms with Gasteiger partial charge in [0.1, 0.15) is 17.8 Å². The topological polar surface area (TPSA) is 173 Å². The van der Waals surface area contributed by atoms with Crippen LogP contribution in [-0.2, 0) is 46.9 Å². The van der Waals surface area contributed by atoms with Gasteiger partial charge < -0.3 is 29.2 Å². The van der Waals surface area contributed by atoms with Crippen LogP contribution in [-0.4, -0.2) is 72.1 Å². The SMILES string of the molecule is C#CCCCCCCCCC(=O)O[C@H](COC(=O)CCCCCCCCCCCCCCC)COP(=O)(O)OC[C@H](NC(=O)OC(C)(C)C)C(=O)OC(C)(C)C. The molecule has 0 spiro atoms. The van der Waals surface area contributed by atoms with Crippen molar-refractivity contribution >= 4 is 31.8 Å². The van der Waals surface area contributed by atoms with Crippen molar-refractivity contribution < 1.29 is 56.6 Å². The van der Waals surface area contributed by atoms with Crippen LogP contribution in [0, 0.1) is 12.3 Å². The first-order chi connectivity index (χ1) is 26.4. The molecule has 0 fully saturated rings. The Morgan fingerprint density at radius 3 is 1.57 bits per heavy atom. The Kier molecular flexibility index (Phi) is 29.9. The Balaban J connectivity index is 5.09. The van der Waals surface area contributed by atoms with Gasteiger partial charge in [-0.2, -0.15) is 0 Å². The molecule has 1 unspecified atom stereocenters. The average Bonchev–Trinajstić information content (AvgIpc) is 3.09. The summed E-state index contributed by atoms with van der Waals surface area (Å²) in [4.78, 5) is 61.0. The Morgan fingerprint density at radius 1 is 0.643 bits per heavy atom. The van der Waals surface area contributed by atoms with Crippen LogP contribution in [0.15, 0.2) is 0 Å². The van der Waals surface area contributed by atoms with Crippen molar-refractivity contribution in [2.75, 3.05) is 19.8 Å². The normalized spacial score (nSPS) is 13.8. The fraction of sp³-hybridized carbons (Fsp3) is 0.857. The third-order valence-corrected chi connectivity index (χ3v) is 9.33. The predicted octanol–water partition coefficient (Wildman–Crippen LogP) is 10.0. The van der Waals surface area contributed by atoms with E-state index >= 15 is 0 Å². The first-order valence-corrected chi connectivity index (χ1v) is 22.5. The van der Waals surface area contributed by atoms with Gasteiger partial charge in [-0.25, -0.2) is 14.2 Å². The Bertz CT molecular complexity index is 1170. The molecule has 0 aromatic rings. The largest absolute Gasteiger partial charge is 0.472 e. The summed E-state index contributed by atoms with van der Waals surface area (Å²) in [5.41, 5.74) is -1.82. The zero-order valence-corrected chi connectivity index (χ0v) is 36.7. The summed E-state index contributed by atoms with van der Waals surface area (Å²) in [6.45, 7) is 10.1. The van der Waals surface area contributed by atoms with Gasteiger partial charge in [-0.05, 0) is 60.8 Å². The molecule has 3 atom stereocenters. The van der Waals surface area contributed by atoms with Crippen LogP contribution in [0.3, 0.4) is 0 Å². The van der Waals surface area contributed by atoms with Gasteiger partial charge in [-0.15, -0.1) is 12.3 Å². The van der Waals surface area contributed by atoms with Crippen LogP contribution in [0.2, 0.25) is 0 Å². The summed E-state index contributed by atoms with van der Waals surface area (Å²) in [5.74, 6) is 0.645. The second-order valence-corrected chi connectivity index (χ2v) is 17.9. The number of phosphoric acid groups is 1. The van der Waals surface area contributed by atoms with Crippen molar-refractivity contribution in [1.82, 2.24) is 5.32 Å². The summed E-state index contributed by atoms with van der Waals surface area (Å²) in [6, 6.07) is -1.52. The van der Waals surface area contributed by atoms with E-state index in [-0.39, 0.29) is 19.4 Å². The van der Waals surface area contributed by atoms with E-state index in [9.17, 15) is 28.6 Å². The van der Waals surface area contributed by atoms with Crippen molar-refractivity contribution in [3.63, 3.8) is 0 Å². The number of carbonyl (C=O) groups excluding carboxylic acids is 4. The number of rotatable bonds is 33. The maximum atomic E-state index is 12.9. The molecule has 0 aromatic heterocycles. The lowest BCUT2D eigenvalue weighted by molar-refractivity contribution is -0.161. The highest BCUT2D eigenvalue weighted by atomic mass is 31.2. The number of amides is 1. The molecule has 0 rings (SSSR count). The van der Waals surface area contributed by atoms with Crippen LogP contribution in [0.4, 0.5) is 4.79 Å². The van der Waals surface area contributed by atoms with Crippen LogP contribution in [0.1, 0.15) is 190 Å². The van der Waals surface area contributed by atoms with E-state index in [1.54, 1.807) is 41.5 Å². The molecule has 0 aliphatic heterocycles. The van der Waals surface area contributed by atoms with Gasteiger partial charge in [0.25, 0.3) is 0 Å². The van der Waals surface area contributed by atoms with E-state index in [1.807, 2.05) is 0 Å². The molecule has 0 saturated heterocycles. The number of carbonyl (C=O) groups is 4. The predicted molar refractivity (Wildman–Crippen MR) is 218 cm³/mol. The van der Waals surface area contributed by atoms with E-state index < -0.39 is 68.4 Å². The summed E-state index contributed by atoms with van der Waals surface area (Å²) in [5, 5.41) is 2.30. The van der Waals surface area contributed by atoms with E-state index in [2.05, 4.69) is 18.2 Å². The zero-order chi connectivity index (χ0) is 42.3. The number of terminal acetylenes is 1. The number of alkyl carbamates (subject to hydrolysis) is 1. The lowest BCUT2D eigenvalue weighted by Crippen LogP contribution is -2.48. The lowest BCUT2D eigenvalue weighted by Gasteiger charge is -2.26. The van der Waals surface area contributed by atoms with Crippen molar-refractivity contribution in [2.45, 2.75) is 213 Å². The smallest absolute Gasteiger partial charge is 0.462 e. The van der Waals surface area contributed by atoms with Gasteiger partial charge in [0.15, 0.2) is 12.1 Å². The van der Waals surface area contributed by atoms with Crippen LogP contribution >= 0.6 is 7.82 Å². The number of hydrogen-bond donors (Lipinski definition) is 2. The second kappa shape index (κ2) is 31.4. The molecule has 1 amide bonds. The average molecular weight is 818 g/mol. The molecule has 2 N–H and O–H groups in total. The van der Waals surface area contributed by atoms with Gasteiger partial charge >= 0.3 is 31.8 Å². The van der Waals surface area contributed by atoms with Crippen molar-refractivity contribution in [1.29, 1.82) is 0 Å². The molecule has 0 aliphatic rings. The monoisotopic (exact) mass is 818 g/mol. The van der Waals surface area contributed by atoms with Crippen molar-refractivity contribution in [3.05, 3.63) is 0 Å². The van der Waals surface area contributed by atoms with Crippen molar-refractivity contribution in [2.24, 2.45) is 0 Å². The summed E-state index contributed by atoms with van der Waals surface area (Å²) in [7, 11) is -4.90. The van der Waals surface area contributed by atoms with Crippen LogP contribution in [0.25, 0.3) is 0 Å². The summed E-state index contributed by atoms with van der Waals surface area (Å²) < 4.78 is 44.5.